The molecule has 1 nitrogen and oxygen atoms in total. The van der Waals surface area contributed by atoms with Crippen LogP contribution in [-0.4, -0.2) is 5.52 Å². The highest BCUT2D eigenvalue weighted by molar-refractivity contribution is 7.88. The van der Waals surface area contributed by atoms with Crippen LogP contribution in [0.5, 0.6) is 0 Å². The summed E-state index contributed by atoms with van der Waals surface area (Å²) in [6.07, 6.45) is 0. The highest BCUT2D eigenvalue weighted by Crippen LogP contribution is 2.40. The number of hydrogen-bond acceptors (Lipinski definition) is 1. The van der Waals surface area contributed by atoms with E-state index in [1.165, 1.54) is 0 Å². The third kappa shape index (κ3) is 3.48. The molecule has 0 radical (unpaired) electrons. The maximum atomic E-state index is 13.2. The summed E-state index contributed by atoms with van der Waals surface area (Å²) in [5.41, 5.74) is 0.475. The number of carbonyl (C=O) groups excluding carboxylic acids is 1. The molecule has 0 bridgehead atoms. The van der Waals surface area contributed by atoms with E-state index >= 15 is 0 Å². The van der Waals surface area contributed by atoms with Gasteiger partial charge in [0, 0.05) is 13.5 Å². The van der Waals surface area contributed by atoms with E-state index in [0.717, 1.165) is 10.6 Å². The second-order valence-electron chi connectivity index (χ2n) is 4.91. The highest BCUT2D eigenvalue weighted by atomic mass is 35.5. The van der Waals surface area contributed by atoms with Crippen LogP contribution in [0.4, 0.5) is 0 Å². The molecule has 3 aromatic rings. The van der Waals surface area contributed by atoms with Gasteiger partial charge in [-0.25, -0.2) is 0 Å². The summed E-state index contributed by atoms with van der Waals surface area (Å²) in [5, 5.41) is 2.71. The predicted molar refractivity (Wildman–Crippen MR) is 99.9 cm³/mol. The van der Waals surface area contributed by atoms with Crippen molar-refractivity contribution in [3.8, 4) is 0 Å². The van der Waals surface area contributed by atoms with E-state index in [2.05, 4.69) is 0 Å². The average Bonchev–Trinajstić information content (AvgIpc) is 2.59. The maximum Gasteiger partial charge on any atom is 0.194 e. The largest absolute Gasteiger partial charge is 0.288 e. The molecule has 0 spiro atoms. The molecule has 3 rings (SSSR count). The van der Waals surface area contributed by atoms with Gasteiger partial charge in [0.2, 0.25) is 0 Å². The smallest absolute Gasteiger partial charge is 0.194 e. The van der Waals surface area contributed by atoms with Gasteiger partial charge in [-0.15, -0.1) is 0 Å². The Balaban J connectivity index is 2.12. The van der Waals surface area contributed by atoms with Gasteiger partial charge in [-0.3, -0.25) is 4.79 Å². The summed E-state index contributed by atoms with van der Waals surface area (Å²) in [6.45, 7) is 0. The summed E-state index contributed by atoms with van der Waals surface area (Å²) in [4.78, 5) is 13.2. The van der Waals surface area contributed by atoms with Crippen molar-refractivity contribution in [1.82, 2.24) is 0 Å². The minimum Gasteiger partial charge on any atom is -0.288 e. The molecule has 0 aliphatic rings. The number of rotatable bonds is 4. The van der Waals surface area contributed by atoms with Gasteiger partial charge in [-0.05, 0) is 22.7 Å². The van der Waals surface area contributed by atoms with E-state index in [1.54, 1.807) is 18.2 Å². The molecule has 0 unspecified atom stereocenters. The van der Waals surface area contributed by atoms with E-state index in [-0.39, 0.29) is 5.52 Å². The minimum atomic E-state index is -1.20. The first-order valence-corrected chi connectivity index (χ1v) is 9.17. The molecule has 4 heteroatoms. The van der Waals surface area contributed by atoms with E-state index in [9.17, 15) is 4.79 Å². The molecule has 0 N–H and O–H groups in total. The third-order valence-corrected chi connectivity index (χ3v) is 6.51. The molecule has 0 heterocycles. The molecule has 0 aromatic heterocycles. The molecular formula is C19H13Cl2OP. The number of benzene rings is 3. The Morgan fingerprint density at radius 3 is 1.74 bits per heavy atom. The molecule has 114 valence electrons. The van der Waals surface area contributed by atoms with Crippen molar-refractivity contribution in [2.45, 2.75) is 0 Å². The fraction of sp³-hybridized carbons (Fsp3) is 0. The van der Waals surface area contributed by atoms with Crippen molar-refractivity contribution in [2.24, 2.45) is 0 Å². The summed E-state index contributed by atoms with van der Waals surface area (Å²) in [6, 6.07) is 24.8. The van der Waals surface area contributed by atoms with Gasteiger partial charge in [0.1, 0.15) is 0 Å². The summed E-state index contributed by atoms with van der Waals surface area (Å²) in [5.74, 6) is 0. The highest BCUT2D eigenvalue weighted by Gasteiger charge is 2.25. The lowest BCUT2D eigenvalue weighted by molar-refractivity contribution is 0.108. The van der Waals surface area contributed by atoms with Gasteiger partial charge >= 0.3 is 0 Å². The molecule has 0 saturated carbocycles. The van der Waals surface area contributed by atoms with Crippen molar-refractivity contribution in [3.63, 3.8) is 0 Å². The molecule has 0 aliphatic heterocycles. The topological polar surface area (TPSA) is 17.1 Å². The Bertz CT molecular complexity index is 780. The van der Waals surface area contributed by atoms with Crippen LogP contribution in [0.25, 0.3) is 0 Å². The van der Waals surface area contributed by atoms with Crippen LogP contribution in [0.1, 0.15) is 10.4 Å². The van der Waals surface area contributed by atoms with Crippen molar-refractivity contribution in [1.29, 1.82) is 0 Å². The lowest BCUT2D eigenvalue weighted by Gasteiger charge is -2.18. The van der Waals surface area contributed by atoms with E-state index in [4.69, 9.17) is 23.2 Å². The van der Waals surface area contributed by atoms with Crippen molar-refractivity contribution in [3.05, 3.63) is 94.5 Å². The quantitative estimate of drug-likeness (QED) is 0.581. The molecule has 0 saturated heterocycles. The predicted octanol–water partition coefficient (Wildman–Crippen LogP) is 5.27. The summed E-state index contributed by atoms with van der Waals surface area (Å²) >= 11 is 12.3. The SMILES string of the molecule is O=C(c1cccc(Cl)c1Cl)P(c1ccccc1)c1ccccc1. The van der Waals surface area contributed by atoms with Gasteiger partial charge in [0.15, 0.2) is 5.52 Å². The standard InChI is InChI=1S/C19H13Cl2OP/c20-17-13-7-12-16(18(17)21)19(22)23(14-8-3-1-4-9-14)15-10-5-2-6-11-15/h1-13H. The average molecular weight is 359 g/mol. The van der Waals surface area contributed by atoms with Gasteiger partial charge in [-0.1, -0.05) is 89.9 Å². The van der Waals surface area contributed by atoms with Crippen LogP contribution < -0.4 is 10.6 Å². The van der Waals surface area contributed by atoms with E-state index in [1.807, 2.05) is 60.7 Å². The molecule has 23 heavy (non-hydrogen) atoms. The van der Waals surface area contributed by atoms with E-state index < -0.39 is 7.92 Å². The Hall–Kier alpha value is -1.66. The van der Waals surface area contributed by atoms with E-state index in [0.29, 0.717) is 15.6 Å². The van der Waals surface area contributed by atoms with Gasteiger partial charge in [-0.2, -0.15) is 0 Å². The van der Waals surface area contributed by atoms with Gasteiger partial charge in [0.25, 0.3) is 0 Å². The first kappa shape index (κ1) is 16.2. The van der Waals surface area contributed by atoms with Crippen molar-refractivity contribution >= 4 is 47.3 Å². The molecule has 0 atom stereocenters. The fourth-order valence-corrected chi connectivity index (χ4v) is 4.91. The zero-order valence-corrected chi connectivity index (χ0v) is 14.5. The van der Waals surface area contributed by atoms with Crippen LogP contribution in [-0.2, 0) is 0 Å². The van der Waals surface area contributed by atoms with Crippen LogP contribution >= 0.6 is 31.1 Å². The number of hydrogen-bond donors (Lipinski definition) is 0. The monoisotopic (exact) mass is 358 g/mol. The second kappa shape index (κ2) is 7.27. The second-order valence-corrected chi connectivity index (χ2v) is 7.81. The third-order valence-electron chi connectivity index (χ3n) is 3.41. The minimum absolute atomic E-state index is 0.00454. The van der Waals surface area contributed by atoms with Gasteiger partial charge in [0.05, 0.1) is 10.0 Å². The molecule has 0 fully saturated rings. The Morgan fingerprint density at radius 2 is 1.22 bits per heavy atom. The number of halogens is 2. The molecular weight excluding hydrogens is 346 g/mol. The lowest BCUT2D eigenvalue weighted by Crippen LogP contribution is -2.18. The first-order chi connectivity index (χ1) is 11.2. The fourth-order valence-electron chi connectivity index (χ4n) is 2.33. The van der Waals surface area contributed by atoms with Crippen LogP contribution in [0.2, 0.25) is 10.0 Å². The van der Waals surface area contributed by atoms with Crippen molar-refractivity contribution < 1.29 is 4.79 Å². The molecule has 0 amide bonds. The molecule has 3 aromatic carbocycles. The Labute approximate surface area is 146 Å². The zero-order chi connectivity index (χ0) is 16.2. The Kier molecular flexibility index (Phi) is 5.13. The maximum absolute atomic E-state index is 13.2. The van der Waals surface area contributed by atoms with Crippen molar-refractivity contribution in [2.75, 3.05) is 0 Å². The van der Waals surface area contributed by atoms with Crippen LogP contribution in [0.15, 0.2) is 78.9 Å². The first-order valence-electron chi connectivity index (χ1n) is 7.07. The normalized spacial score (nSPS) is 10.7. The summed E-state index contributed by atoms with van der Waals surface area (Å²) < 4.78 is 0. The van der Waals surface area contributed by atoms with Crippen LogP contribution in [0, 0.1) is 0 Å². The Morgan fingerprint density at radius 1 is 0.696 bits per heavy atom. The zero-order valence-electron chi connectivity index (χ0n) is 12.1. The number of carbonyl (C=O) groups is 1. The lowest BCUT2D eigenvalue weighted by atomic mass is 10.2. The summed E-state index contributed by atoms with van der Waals surface area (Å²) in [7, 11) is -1.20. The van der Waals surface area contributed by atoms with Crippen LogP contribution in [0.3, 0.4) is 0 Å². The molecule has 0 aliphatic carbocycles. The van der Waals surface area contributed by atoms with Gasteiger partial charge < -0.3 is 0 Å².